The Labute approximate surface area is 108 Å². The van der Waals surface area contributed by atoms with Crippen LogP contribution in [-0.2, 0) is 6.42 Å². The van der Waals surface area contributed by atoms with E-state index in [-0.39, 0.29) is 5.56 Å². The van der Waals surface area contributed by atoms with Crippen LogP contribution in [0.2, 0.25) is 0 Å². The standard InChI is InChI=1S/C12H15BrF2N2/c13-9-7-11(14)10(12(15)8-9)1-4-17-5-2-16-3-6-17/h7-8,16H,1-6H2. The maximum atomic E-state index is 13.6. The van der Waals surface area contributed by atoms with Gasteiger partial charge in [-0.2, -0.15) is 0 Å². The molecular weight excluding hydrogens is 290 g/mol. The van der Waals surface area contributed by atoms with Crippen molar-refractivity contribution in [1.82, 2.24) is 10.2 Å². The average Bonchev–Trinajstić information content (AvgIpc) is 2.29. The number of piperazine rings is 1. The van der Waals surface area contributed by atoms with Gasteiger partial charge >= 0.3 is 0 Å². The van der Waals surface area contributed by atoms with E-state index < -0.39 is 11.6 Å². The molecule has 0 saturated carbocycles. The van der Waals surface area contributed by atoms with Crippen molar-refractivity contribution >= 4 is 15.9 Å². The topological polar surface area (TPSA) is 15.3 Å². The monoisotopic (exact) mass is 304 g/mol. The van der Waals surface area contributed by atoms with Gasteiger partial charge in [0.25, 0.3) is 0 Å². The third-order valence-electron chi connectivity index (χ3n) is 2.99. The number of benzene rings is 1. The van der Waals surface area contributed by atoms with Gasteiger partial charge in [0.05, 0.1) is 0 Å². The van der Waals surface area contributed by atoms with Gasteiger partial charge in [0, 0.05) is 42.8 Å². The molecule has 5 heteroatoms. The lowest BCUT2D eigenvalue weighted by molar-refractivity contribution is 0.242. The van der Waals surface area contributed by atoms with E-state index in [0.29, 0.717) is 17.4 Å². The molecular formula is C12H15BrF2N2. The number of nitrogens with one attached hydrogen (secondary N) is 1. The molecule has 0 atom stereocenters. The lowest BCUT2D eigenvalue weighted by Gasteiger charge is -2.27. The third kappa shape index (κ3) is 3.47. The Hall–Kier alpha value is -0.520. The molecule has 0 aliphatic carbocycles. The van der Waals surface area contributed by atoms with Crippen LogP contribution in [-0.4, -0.2) is 37.6 Å². The first-order valence-electron chi connectivity index (χ1n) is 5.73. The second kappa shape index (κ2) is 5.89. The Morgan fingerprint density at radius 3 is 2.35 bits per heavy atom. The van der Waals surface area contributed by atoms with Crippen LogP contribution in [0, 0.1) is 11.6 Å². The first-order valence-corrected chi connectivity index (χ1v) is 6.52. The molecule has 1 N–H and O–H groups in total. The van der Waals surface area contributed by atoms with Crippen molar-refractivity contribution in [1.29, 1.82) is 0 Å². The molecule has 1 aliphatic heterocycles. The lowest BCUT2D eigenvalue weighted by Crippen LogP contribution is -2.44. The van der Waals surface area contributed by atoms with Crippen LogP contribution in [0.1, 0.15) is 5.56 Å². The highest BCUT2D eigenvalue weighted by Crippen LogP contribution is 2.20. The van der Waals surface area contributed by atoms with Gasteiger partial charge in [-0.05, 0) is 18.6 Å². The van der Waals surface area contributed by atoms with Crippen molar-refractivity contribution in [3.05, 3.63) is 33.8 Å². The fourth-order valence-corrected chi connectivity index (χ4v) is 2.42. The fraction of sp³-hybridized carbons (Fsp3) is 0.500. The Morgan fingerprint density at radius 1 is 1.18 bits per heavy atom. The van der Waals surface area contributed by atoms with Gasteiger partial charge in [-0.15, -0.1) is 0 Å². The largest absolute Gasteiger partial charge is 0.314 e. The first-order chi connectivity index (χ1) is 8.16. The van der Waals surface area contributed by atoms with E-state index in [0.717, 1.165) is 26.2 Å². The lowest BCUT2D eigenvalue weighted by atomic mass is 10.1. The minimum absolute atomic E-state index is 0.187. The van der Waals surface area contributed by atoms with Crippen LogP contribution < -0.4 is 5.32 Å². The highest BCUT2D eigenvalue weighted by atomic mass is 79.9. The van der Waals surface area contributed by atoms with Gasteiger partial charge in [0.1, 0.15) is 11.6 Å². The maximum absolute atomic E-state index is 13.6. The van der Waals surface area contributed by atoms with Crippen LogP contribution in [0.5, 0.6) is 0 Å². The molecule has 17 heavy (non-hydrogen) atoms. The van der Waals surface area contributed by atoms with Gasteiger partial charge in [0.2, 0.25) is 0 Å². The van der Waals surface area contributed by atoms with Crippen LogP contribution >= 0.6 is 15.9 Å². The van der Waals surface area contributed by atoms with Gasteiger partial charge in [-0.25, -0.2) is 8.78 Å². The molecule has 94 valence electrons. The molecule has 1 aromatic rings. The van der Waals surface area contributed by atoms with Crippen molar-refractivity contribution in [2.75, 3.05) is 32.7 Å². The molecule has 2 rings (SSSR count). The summed E-state index contributed by atoms with van der Waals surface area (Å²) in [6.07, 6.45) is 0.422. The summed E-state index contributed by atoms with van der Waals surface area (Å²) in [6, 6.07) is 2.63. The summed E-state index contributed by atoms with van der Waals surface area (Å²) in [5.74, 6) is -0.931. The molecule has 1 aliphatic rings. The van der Waals surface area contributed by atoms with Crippen LogP contribution in [0.15, 0.2) is 16.6 Å². The average molecular weight is 305 g/mol. The number of halogens is 3. The molecule has 0 unspecified atom stereocenters. The van der Waals surface area contributed by atoms with E-state index in [2.05, 4.69) is 26.1 Å². The summed E-state index contributed by atoms with van der Waals surface area (Å²) < 4.78 is 27.6. The summed E-state index contributed by atoms with van der Waals surface area (Å²) in [4.78, 5) is 2.22. The molecule has 0 bridgehead atoms. The van der Waals surface area contributed by atoms with Crippen molar-refractivity contribution in [3.63, 3.8) is 0 Å². The van der Waals surface area contributed by atoms with E-state index in [1.807, 2.05) is 0 Å². The van der Waals surface area contributed by atoms with E-state index >= 15 is 0 Å². The Bertz CT molecular complexity index is 369. The minimum Gasteiger partial charge on any atom is -0.314 e. The molecule has 1 heterocycles. The van der Waals surface area contributed by atoms with Crippen molar-refractivity contribution in [2.24, 2.45) is 0 Å². The van der Waals surface area contributed by atoms with Crippen molar-refractivity contribution in [3.8, 4) is 0 Å². The van der Waals surface area contributed by atoms with Crippen LogP contribution in [0.25, 0.3) is 0 Å². The molecule has 1 saturated heterocycles. The van der Waals surface area contributed by atoms with E-state index in [1.165, 1.54) is 12.1 Å². The normalized spacial score (nSPS) is 17.4. The Balaban J connectivity index is 1.98. The minimum atomic E-state index is -0.466. The summed E-state index contributed by atoms with van der Waals surface area (Å²) in [7, 11) is 0. The third-order valence-corrected chi connectivity index (χ3v) is 3.45. The first kappa shape index (κ1) is 12.9. The molecule has 1 aromatic carbocycles. The van der Waals surface area contributed by atoms with Crippen molar-refractivity contribution < 1.29 is 8.78 Å². The number of nitrogens with zero attached hydrogens (tertiary/aromatic N) is 1. The summed E-state index contributed by atoms with van der Waals surface area (Å²) in [6.45, 7) is 4.49. The summed E-state index contributed by atoms with van der Waals surface area (Å²) >= 11 is 3.08. The molecule has 1 fully saturated rings. The molecule has 0 amide bonds. The zero-order chi connectivity index (χ0) is 12.3. The number of rotatable bonds is 3. The molecule has 0 aromatic heterocycles. The highest BCUT2D eigenvalue weighted by molar-refractivity contribution is 9.10. The van der Waals surface area contributed by atoms with Gasteiger partial charge in [-0.3, -0.25) is 0 Å². The Kier molecular flexibility index (Phi) is 4.48. The van der Waals surface area contributed by atoms with Gasteiger partial charge in [0.15, 0.2) is 0 Å². The second-order valence-corrected chi connectivity index (χ2v) is 5.11. The summed E-state index contributed by atoms with van der Waals surface area (Å²) in [5.41, 5.74) is 0.187. The van der Waals surface area contributed by atoms with Crippen LogP contribution in [0.3, 0.4) is 0 Å². The fourth-order valence-electron chi connectivity index (χ4n) is 2.02. The second-order valence-electron chi connectivity index (χ2n) is 4.19. The quantitative estimate of drug-likeness (QED) is 0.921. The van der Waals surface area contributed by atoms with E-state index in [9.17, 15) is 8.78 Å². The predicted octanol–water partition coefficient (Wildman–Crippen LogP) is 2.17. The number of hydrogen-bond donors (Lipinski definition) is 1. The van der Waals surface area contributed by atoms with E-state index in [1.54, 1.807) is 0 Å². The maximum Gasteiger partial charge on any atom is 0.130 e. The zero-order valence-corrected chi connectivity index (χ0v) is 11.1. The molecule has 0 spiro atoms. The van der Waals surface area contributed by atoms with Crippen molar-refractivity contribution in [2.45, 2.75) is 6.42 Å². The van der Waals surface area contributed by atoms with Gasteiger partial charge < -0.3 is 10.2 Å². The smallest absolute Gasteiger partial charge is 0.130 e. The molecule has 2 nitrogen and oxygen atoms in total. The SMILES string of the molecule is Fc1cc(Br)cc(F)c1CCN1CCNCC1. The predicted molar refractivity (Wildman–Crippen MR) is 67.1 cm³/mol. The van der Waals surface area contributed by atoms with E-state index in [4.69, 9.17) is 0 Å². The molecule has 0 radical (unpaired) electrons. The van der Waals surface area contributed by atoms with Gasteiger partial charge in [-0.1, -0.05) is 15.9 Å². The zero-order valence-electron chi connectivity index (χ0n) is 9.48. The number of hydrogen-bond acceptors (Lipinski definition) is 2. The Morgan fingerprint density at radius 2 is 1.76 bits per heavy atom. The highest BCUT2D eigenvalue weighted by Gasteiger charge is 2.14. The van der Waals surface area contributed by atoms with Crippen LogP contribution in [0.4, 0.5) is 8.78 Å². The summed E-state index contributed by atoms with van der Waals surface area (Å²) in [5, 5.41) is 3.25.